The van der Waals surface area contributed by atoms with Gasteiger partial charge in [-0.2, -0.15) is 5.10 Å². The van der Waals surface area contributed by atoms with Crippen LogP contribution in [0.5, 0.6) is 0 Å². The Morgan fingerprint density at radius 3 is 2.69 bits per heavy atom. The van der Waals surface area contributed by atoms with Gasteiger partial charge < -0.3 is 5.32 Å². The van der Waals surface area contributed by atoms with E-state index in [2.05, 4.69) is 24.3 Å². The number of aromatic nitrogens is 3. The minimum absolute atomic E-state index is 0.0275. The zero-order valence-corrected chi connectivity index (χ0v) is 15.6. The topological polar surface area (TPSA) is 68.9 Å². The van der Waals surface area contributed by atoms with Crippen molar-refractivity contribution in [2.45, 2.75) is 65.1 Å². The molecule has 1 amide bonds. The Labute approximate surface area is 154 Å². The van der Waals surface area contributed by atoms with Crippen molar-refractivity contribution in [2.24, 2.45) is 5.92 Å². The van der Waals surface area contributed by atoms with Gasteiger partial charge in [0.25, 0.3) is 0 Å². The summed E-state index contributed by atoms with van der Waals surface area (Å²) in [5, 5.41) is 7.48. The van der Waals surface area contributed by atoms with E-state index in [1.54, 1.807) is 4.57 Å². The van der Waals surface area contributed by atoms with Gasteiger partial charge in [-0.1, -0.05) is 50.6 Å². The number of hydrogen-bond donors (Lipinski definition) is 1. The number of carbonyl (C=O) groups is 1. The molecule has 6 heteroatoms. The molecule has 1 aliphatic heterocycles. The number of hydrogen-bond acceptors (Lipinski definition) is 3. The average molecular weight is 356 g/mol. The number of rotatable bonds is 6. The molecule has 3 rings (SSSR count). The standard InChI is InChI=1S/C20H28N4O2/c1-15(2)13-17(16-9-5-3-6-10-16)21-19(25)14-24-20(26)23-12-8-4-7-11-18(23)22-24/h3,5-6,9-10,15,17H,4,7-8,11-14H2,1-2H3,(H,21,25). The molecule has 6 nitrogen and oxygen atoms in total. The fourth-order valence-electron chi connectivity index (χ4n) is 3.54. The molecule has 1 aromatic carbocycles. The van der Waals surface area contributed by atoms with E-state index in [0.717, 1.165) is 43.5 Å². The predicted molar refractivity (Wildman–Crippen MR) is 101 cm³/mol. The Bertz CT molecular complexity index is 792. The van der Waals surface area contributed by atoms with Gasteiger partial charge in [-0.3, -0.25) is 9.36 Å². The molecule has 0 aliphatic carbocycles. The number of aryl methyl sites for hydroxylation is 1. The van der Waals surface area contributed by atoms with Crippen molar-refractivity contribution < 1.29 is 4.79 Å². The lowest BCUT2D eigenvalue weighted by Crippen LogP contribution is -2.36. The van der Waals surface area contributed by atoms with Crippen LogP contribution in [-0.2, 0) is 24.3 Å². The number of nitrogens with zero attached hydrogens (tertiary/aromatic N) is 3. The minimum atomic E-state index is -0.171. The van der Waals surface area contributed by atoms with Crippen LogP contribution >= 0.6 is 0 Å². The van der Waals surface area contributed by atoms with Crippen molar-refractivity contribution in [3.05, 3.63) is 52.2 Å². The summed E-state index contributed by atoms with van der Waals surface area (Å²) in [5.41, 5.74) is 0.916. The average Bonchev–Trinajstić information content (AvgIpc) is 2.78. The maximum Gasteiger partial charge on any atom is 0.346 e. The molecule has 0 bridgehead atoms. The first-order valence-corrected chi connectivity index (χ1v) is 9.55. The van der Waals surface area contributed by atoms with Gasteiger partial charge in [0.05, 0.1) is 6.04 Å². The molecule has 0 fully saturated rings. The zero-order chi connectivity index (χ0) is 18.5. The lowest BCUT2D eigenvalue weighted by molar-refractivity contribution is -0.122. The van der Waals surface area contributed by atoms with Crippen LogP contribution in [-0.4, -0.2) is 20.3 Å². The second-order valence-corrected chi connectivity index (χ2v) is 7.48. The Morgan fingerprint density at radius 2 is 1.96 bits per heavy atom. The molecular formula is C20H28N4O2. The summed E-state index contributed by atoms with van der Waals surface area (Å²) in [6.45, 7) is 4.95. The third-order valence-corrected chi connectivity index (χ3v) is 4.82. The first-order chi connectivity index (χ1) is 12.5. The second kappa shape index (κ2) is 8.34. The van der Waals surface area contributed by atoms with Gasteiger partial charge in [-0.15, -0.1) is 0 Å². The normalized spacial score (nSPS) is 15.3. The summed E-state index contributed by atoms with van der Waals surface area (Å²) < 4.78 is 3.04. The monoisotopic (exact) mass is 356 g/mol. The van der Waals surface area contributed by atoms with Gasteiger partial charge in [-0.25, -0.2) is 9.48 Å². The quantitative estimate of drug-likeness (QED) is 0.865. The third-order valence-electron chi connectivity index (χ3n) is 4.82. The number of amides is 1. The highest BCUT2D eigenvalue weighted by molar-refractivity contribution is 5.76. The van der Waals surface area contributed by atoms with Crippen molar-refractivity contribution in [2.75, 3.05) is 0 Å². The lowest BCUT2D eigenvalue weighted by atomic mass is 9.97. The van der Waals surface area contributed by atoms with E-state index in [1.165, 1.54) is 4.68 Å². The molecule has 1 aliphatic rings. The van der Waals surface area contributed by atoms with Crippen molar-refractivity contribution >= 4 is 5.91 Å². The van der Waals surface area contributed by atoms with Crippen LogP contribution in [0.15, 0.2) is 35.1 Å². The summed E-state index contributed by atoms with van der Waals surface area (Å²) in [5.74, 6) is 1.09. The van der Waals surface area contributed by atoms with Gasteiger partial charge in [0.2, 0.25) is 5.91 Å². The summed E-state index contributed by atoms with van der Waals surface area (Å²) in [6, 6.07) is 9.92. The van der Waals surface area contributed by atoms with E-state index in [1.807, 2.05) is 30.3 Å². The minimum Gasteiger partial charge on any atom is -0.348 e. The molecule has 140 valence electrons. The van der Waals surface area contributed by atoms with Gasteiger partial charge in [0.15, 0.2) is 0 Å². The number of fused-ring (bicyclic) bond motifs is 1. The van der Waals surface area contributed by atoms with Crippen LogP contribution in [0, 0.1) is 5.92 Å². The largest absolute Gasteiger partial charge is 0.348 e. The molecule has 2 heterocycles. The molecule has 0 saturated carbocycles. The highest BCUT2D eigenvalue weighted by atomic mass is 16.2. The van der Waals surface area contributed by atoms with Crippen molar-refractivity contribution in [3.63, 3.8) is 0 Å². The maximum absolute atomic E-state index is 12.6. The molecular weight excluding hydrogens is 328 g/mol. The first-order valence-electron chi connectivity index (χ1n) is 9.55. The van der Waals surface area contributed by atoms with Gasteiger partial charge in [0.1, 0.15) is 12.4 Å². The van der Waals surface area contributed by atoms with E-state index < -0.39 is 0 Å². The van der Waals surface area contributed by atoms with Gasteiger partial charge in [-0.05, 0) is 30.7 Å². The second-order valence-electron chi connectivity index (χ2n) is 7.48. The van der Waals surface area contributed by atoms with Crippen LogP contribution in [0.25, 0.3) is 0 Å². The van der Waals surface area contributed by atoms with Crippen molar-refractivity contribution in [3.8, 4) is 0 Å². The van der Waals surface area contributed by atoms with Crippen LogP contribution in [0.4, 0.5) is 0 Å². The fraction of sp³-hybridized carbons (Fsp3) is 0.550. The van der Waals surface area contributed by atoms with Crippen LogP contribution in [0.3, 0.4) is 0 Å². The van der Waals surface area contributed by atoms with Crippen molar-refractivity contribution in [1.82, 2.24) is 19.7 Å². The molecule has 0 spiro atoms. The Hall–Kier alpha value is -2.37. The molecule has 0 saturated heterocycles. The number of carbonyl (C=O) groups excluding carboxylic acids is 1. The van der Waals surface area contributed by atoms with E-state index in [9.17, 15) is 9.59 Å². The van der Waals surface area contributed by atoms with Gasteiger partial charge >= 0.3 is 5.69 Å². The van der Waals surface area contributed by atoms with Crippen LogP contribution in [0.1, 0.15) is 57.0 Å². The molecule has 1 aromatic heterocycles. The van der Waals surface area contributed by atoms with Gasteiger partial charge in [0, 0.05) is 13.0 Å². The summed E-state index contributed by atoms with van der Waals surface area (Å²) in [6.07, 6.45) is 4.83. The molecule has 1 unspecified atom stereocenters. The lowest BCUT2D eigenvalue weighted by Gasteiger charge is -2.21. The van der Waals surface area contributed by atoms with E-state index in [4.69, 9.17) is 0 Å². The maximum atomic E-state index is 12.6. The van der Waals surface area contributed by atoms with Crippen LogP contribution < -0.4 is 11.0 Å². The zero-order valence-electron chi connectivity index (χ0n) is 15.6. The molecule has 0 radical (unpaired) electrons. The highest BCUT2D eigenvalue weighted by Crippen LogP contribution is 2.21. The number of benzene rings is 1. The first kappa shape index (κ1) is 18.4. The Kier molecular flexibility index (Phi) is 5.91. The molecule has 1 N–H and O–H groups in total. The SMILES string of the molecule is CC(C)CC(NC(=O)Cn1nc2n(c1=O)CCCCC2)c1ccccc1. The number of nitrogens with one attached hydrogen (secondary N) is 1. The smallest absolute Gasteiger partial charge is 0.346 e. The highest BCUT2D eigenvalue weighted by Gasteiger charge is 2.20. The van der Waals surface area contributed by atoms with E-state index in [-0.39, 0.29) is 24.2 Å². The fourth-order valence-corrected chi connectivity index (χ4v) is 3.54. The third kappa shape index (κ3) is 4.42. The van der Waals surface area contributed by atoms with Crippen LogP contribution in [0.2, 0.25) is 0 Å². The molecule has 2 aromatic rings. The molecule has 1 atom stereocenters. The summed E-state index contributed by atoms with van der Waals surface area (Å²) in [4.78, 5) is 25.1. The summed E-state index contributed by atoms with van der Waals surface area (Å²) in [7, 11) is 0. The van der Waals surface area contributed by atoms with E-state index >= 15 is 0 Å². The summed E-state index contributed by atoms with van der Waals surface area (Å²) >= 11 is 0. The van der Waals surface area contributed by atoms with Crippen molar-refractivity contribution in [1.29, 1.82) is 0 Å². The molecule has 26 heavy (non-hydrogen) atoms. The Balaban J connectivity index is 1.72. The van der Waals surface area contributed by atoms with E-state index in [0.29, 0.717) is 12.5 Å². The predicted octanol–water partition coefficient (Wildman–Crippen LogP) is 2.67. The Morgan fingerprint density at radius 1 is 1.19 bits per heavy atom.